The summed E-state index contributed by atoms with van der Waals surface area (Å²) in [6.07, 6.45) is 2.16. The highest BCUT2D eigenvalue weighted by Crippen LogP contribution is 2.40. The van der Waals surface area contributed by atoms with Crippen LogP contribution in [0.3, 0.4) is 0 Å². The van der Waals surface area contributed by atoms with Gasteiger partial charge in [0, 0.05) is 44.7 Å². The van der Waals surface area contributed by atoms with E-state index in [-0.39, 0.29) is 5.56 Å². The van der Waals surface area contributed by atoms with Crippen molar-refractivity contribution in [2.45, 2.75) is 0 Å². The fraction of sp³-hybridized carbons (Fsp3) is 0. The maximum atomic E-state index is 15.7. The van der Waals surface area contributed by atoms with Crippen LogP contribution in [0.1, 0.15) is 0 Å². The predicted molar refractivity (Wildman–Crippen MR) is 250 cm³/mol. The van der Waals surface area contributed by atoms with Gasteiger partial charge in [0.05, 0.1) is 33.1 Å². The molecular formula is C55H35N5O. The Labute approximate surface area is 350 Å². The number of fused-ring (bicyclic) bond motifs is 7. The molecule has 0 atom stereocenters. The summed E-state index contributed by atoms with van der Waals surface area (Å²) in [6.45, 7) is 0. The van der Waals surface area contributed by atoms with Gasteiger partial charge in [-0.25, -0.2) is 14.5 Å². The number of nitrogens with zero attached hydrogens (tertiary/aromatic N) is 5. The molecule has 0 radical (unpaired) electrons. The van der Waals surface area contributed by atoms with Crippen molar-refractivity contribution in [3.05, 3.63) is 223 Å². The zero-order valence-corrected chi connectivity index (χ0v) is 32.9. The minimum atomic E-state index is -0.199. The molecule has 0 saturated carbocycles. The highest BCUT2D eigenvalue weighted by molar-refractivity contribution is 6.10. The van der Waals surface area contributed by atoms with Crippen molar-refractivity contribution in [1.29, 1.82) is 0 Å². The van der Waals surface area contributed by atoms with Crippen LogP contribution in [0.25, 0.3) is 106 Å². The lowest BCUT2D eigenvalue weighted by molar-refractivity contribution is 0.916. The second-order valence-electron chi connectivity index (χ2n) is 15.4. The molecule has 286 valence electrons. The van der Waals surface area contributed by atoms with Crippen molar-refractivity contribution in [2.24, 2.45) is 0 Å². The van der Waals surface area contributed by atoms with Gasteiger partial charge in [0.2, 0.25) is 5.95 Å². The third-order valence-electron chi connectivity index (χ3n) is 11.9. The summed E-state index contributed by atoms with van der Waals surface area (Å²) in [7, 11) is 0. The van der Waals surface area contributed by atoms with Crippen molar-refractivity contribution in [2.75, 3.05) is 0 Å². The number of hydrogen-bond donors (Lipinski definition) is 0. The minimum Gasteiger partial charge on any atom is -0.309 e. The van der Waals surface area contributed by atoms with Crippen LogP contribution < -0.4 is 5.56 Å². The summed E-state index contributed by atoms with van der Waals surface area (Å²) < 4.78 is 6.21. The van der Waals surface area contributed by atoms with E-state index in [1.807, 2.05) is 78.9 Å². The largest absolute Gasteiger partial charge is 0.309 e. The van der Waals surface area contributed by atoms with E-state index < -0.39 is 0 Å². The summed E-state index contributed by atoms with van der Waals surface area (Å²) in [5.41, 5.74) is 13.0. The van der Waals surface area contributed by atoms with Crippen LogP contribution in [0.5, 0.6) is 0 Å². The number of hydrogen-bond acceptors (Lipinski definition) is 3. The highest BCUT2D eigenvalue weighted by atomic mass is 16.1. The molecule has 0 bridgehead atoms. The Balaban J connectivity index is 1.17. The van der Waals surface area contributed by atoms with Gasteiger partial charge in [0.25, 0.3) is 5.56 Å². The molecule has 0 N–H and O–H groups in total. The number of benzene rings is 8. The summed E-state index contributed by atoms with van der Waals surface area (Å²) in [6, 6.07) is 70.7. The lowest BCUT2D eigenvalue weighted by Crippen LogP contribution is -2.23. The first-order chi connectivity index (χ1) is 30.2. The molecule has 0 amide bonds. The topological polar surface area (TPSA) is 57.1 Å². The van der Waals surface area contributed by atoms with Gasteiger partial charge in [0.15, 0.2) is 0 Å². The molecule has 0 spiro atoms. The van der Waals surface area contributed by atoms with E-state index in [0.717, 1.165) is 83.2 Å². The third kappa shape index (κ3) is 5.54. The Hall–Kier alpha value is -8.35. The molecule has 0 saturated heterocycles. The van der Waals surface area contributed by atoms with Crippen molar-refractivity contribution in [1.82, 2.24) is 23.5 Å². The van der Waals surface area contributed by atoms with E-state index in [0.29, 0.717) is 17.0 Å². The van der Waals surface area contributed by atoms with Crippen LogP contribution in [0.4, 0.5) is 0 Å². The minimum absolute atomic E-state index is 0.199. The molecule has 6 nitrogen and oxygen atoms in total. The summed E-state index contributed by atoms with van der Waals surface area (Å²) in [4.78, 5) is 26.1. The maximum absolute atomic E-state index is 15.7. The first kappa shape index (κ1) is 34.7. The van der Waals surface area contributed by atoms with Gasteiger partial charge >= 0.3 is 0 Å². The molecule has 0 aliphatic heterocycles. The van der Waals surface area contributed by atoms with Gasteiger partial charge < -0.3 is 8.97 Å². The second-order valence-corrected chi connectivity index (χ2v) is 15.4. The molecule has 0 unspecified atom stereocenters. The van der Waals surface area contributed by atoms with E-state index >= 15 is 4.79 Å². The Morgan fingerprint density at radius 3 is 1.67 bits per heavy atom. The van der Waals surface area contributed by atoms with E-state index in [4.69, 9.17) is 9.97 Å². The standard InChI is InChI=1S/C55H35N5O/c61-54-45-34-40(39-30-32-50-44(33-39)42-25-14-16-28-49(42)59(50)41-23-11-4-12-24-41)29-31-48(45)58-35-46(36-17-5-1-6-18-36)51(37-19-7-2-8-20-37)53(58)60(54)55-56-47-27-15-13-26-43(47)52(57-55)38-21-9-3-10-22-38/h1-35H. The summed E-state index contributed by atoms with van der Waals surface area (Å²) in [5.74, 6) is 0.310. The van der Waals surface area contributed by atoms with Crippen molar-refractivity contribution >= 4 is 49.3 Å². The molecule has 12 rings (SSSR count). The van der Waals surface area contributed by atoms with Crippen LogP contribution in [-0.4, -0.2) is 23.5 Å². The maximum Gasteiger partial charge on any atom is 0.268 e. The fourth-order valence-electron chi connectivity index (χ4n) is 9.11. The van der Waals surface area contributed by atoms with Gasteiger partial charge in [-0.15, -0.1) is 0 Å². The molecule has 0 fully saturated rings. The zero-order chi connectivity index (χ0) is 40.4. The Bertz CT molecular complexity index is 3700. The Morgan fingerprint density at radius 2 is 0.951 bits per heavy atom. The molecule has 6 heteroatoms. The van der Waals surface area contributed by atoms with Gasteiger partial charge in [-0.1, -0.05) is 158 Å². The monoisotopic (exact) mass is 781 g/mol. The number of rotatable bonds is 6. The molecule has 0 aliphatic carbocycles. The van der Waals surface area contributed by atoms with Crippen LogP contribution in [-0.2, 0) is 0 Å². The average Bonchev–Trinajstić information content (AvgIpc) is 3.89. The second kappa shape index (κ2) is 13.9. The third-order valence-corrected chi connectivity index (χ3v) is 11.9. The SMILES string of the molecule is O=c1c2cc(-c3ccc4c(c3)c3ccccc3n4-c3ccccc3)ccc2n2cc(-c3ccccc3)c(-c3ccccc3)c2n1-c1nc(-c2ccccc2)c2ccccc2n1. The van der Waals surface area contributed by atoms with Crippen molar-refractivity contribution in [3.63, 3.8) is 0 Å². The molecule has 4 heterocycles. The van der Waals surface area contributed by atoms with Gasteiger partial charge in [-0.3, -0.25) is 4.79 Å². The van der Waals surface area contributed by atoms with Crippen molar-refractivity contribution < 1.29 is 0 Å². The molecule has 4 aromatic heterocycles. The smallest absolute Gasteiger partial charge is 0.268 e. The Kier molecular flexibility index (Phi) is 7.90. The molecular weight excluding hydrogens is 747 g/mol. The first-order valence-electron chi connectivity index (χ1n) is 20.5. The van der Waals surface area contributed by atoms with Crippen LogP contribution in [0.15, 0.2) is 217 Å². The van der Waals surface area contributed by atoms with Crippen LogP contribution in [0.2, 0.25) is 0 Å². The van der Waals surface area contributed by atoms with E-state index in [1.54, 1.807) is 4.57 Å². The number of aromatic nitrogens is 5. The molecule has 61 heavy (non-hydrogen) atoms. The van der Waals surface area contributed by atoms with Gasteiger partial charge in [-0.2, -0.15) is 0 Å². The van der Waals surface area contributed by atoms with Gasteiger partial charge in [-0.05, 0) is 70.8 Å². The Morgan fingerprint density at radius 1 is 0.393 bits per heavy atom. The summed E-state index contributed by atoms with van der Waals surface area (Å²) in [5, 5.41) is 3.79. The normalized spacial score (nSPS) is 11.7. The average molecular weight is 782 g/mol. The molecule has 12 aromatic rings. The van der Waals surface area contributed by atoms with Crippen LogP contribution >= 0.6 is 0 Å². The number of para-hydroxylation sites is 3. The van der Waals surface area contributed by atoms with Crippen LogP contribution in [0, 0.1) is 0 Å². The zero-order valence-electron chi connectivity index (χ0n) is 32.9. The lowest BCUT2D eigenvalue weighted by Gasteiger charge is -2.16. The van der Waals surface area contributed by atoms with E-state index in [1.165, 1.54) is 5.39 Å². The highest BCUT2D eigenvalue weighted by Gasteiger charge is 2.25. The predicted octanol–water partition coefficient (Wildman–Crippen LogP) is 13.0. The van der Waals surface area contributed by atoms with E-state index in [9.17, 15) is 0 Å². The molecule has 0 aliphatic rings. The molecule has 8 aromatic carbocycles. The first-order valence-corrected chi connectivity index (χ1v) is 20.5. The van der Waals surface area contributed by atoms with E-state index in [2.05, 4.69) is 143 Å². The van der Waals surface area contributed by atoms with Gasteiger partial charge in [0.1, 0.15) is 5.65 Å². The van der Waals surface area contributed by atoms with Crippen molar-refractivity contribution in [3.8, 4) is 56.3 Å². The fourth-order valence-corrected chi connectivity index (χ4v) is 9.11. The quantitative estimate of drug-likeness (QED) is 0.169. The summed E-state index contributed by atoms with van der Waals surface area (Å²) >= 11 is 0. The lowest BCUT2D eigenvalue weighted by atomic mass is 9.98.